The Kier molecular flexibility index (Phi) is 4.80. The largest absolute Gasteiger partial charge is 0.396 e. The molecule has 4 atom stereocenters. The first-order valence-electron chi connectivity index (χ1n) is 9.03. The van der Waals surface area contributed by atoms with Crippen molar-refractivity contribution in [3.63, 3.8) is 0 Å². The van der Waals surface area contributed by atoms with Crippen molar-refractivity contribution >= 4 is 0 Å². The van der Waals surface area contributed by atoms with Crippen LogP contribution in [-0.2, 0) is 14.2 Å². The molecule has 1 saturated heterocycles. The Bertz CT molecular complexity index is 427. The average Bonchev–Trinajstić information content (AvgIpc) is 2.60. The van der Waals surface area contributed by atoms with Crippen molar-refractivity contribution in [2.24, 2.45) is 10.8 Å². The molecule has 3 aliphatic rings. The molecule has 1 spiro atoms. The molecular weight excluding hydrogens is 294 g/mol. The molecule has 3 fully saturated rings. The molecule has 134 valence electrons. The molecule has 23 heavy (non-hydrogen) atoms. The van der Waals surface area contributed by atoms with Gasteiger partial charge in [-0.25, -0.2) is 0 Å². The number of methoxy groups -OCH3 is 3. The average molecular weight is 327 g/mol. The summed E-state index contributed by atoms with van der Waals surface area (Å²) in [4.78, 5) is 2.55. The van der Waals surface area contributed by atoms with Crippen LogP contribution in [0.2, 0.25) is 0 Å². The standard InChI is InChI=1S/C18H33NO4/c1-5-19-12-16(13-20)7-6-8-17(15(16)21-2)9-10-18(22-3,23-4)11-14(17)19/h14-15,20H,5-13H2,1-4H3/t14-,15-,16?,17?/m1/s1. The minimum atomic E-state index is -0.474. The lowest BCUT2D eigenvalue weighted by molar-refractivity contribution is -0.293. The van der Waals surface area contributed by atoms with E-state index in [9.17, 15) is 5.11 Å². The van der Waals surface area contributed by atoms with Crippen LogP contribution in [0.3, 0.4) is 0 Å². The Hall–Kier alpha value is -0.200. The number of aliphatic hydroxyl groups is 1. The maximum Gasteiger partial charge on any atom is 0.169 e. The van der Waals surface area contributed by atoms with Crippen molar-refractivity contribution < 1.29 is 19.3 Å². The Balaban J connectivity index is 2.01. The summed E-state index contributed by atoms with van der Waals surface area (Å²) in [6.07, 6.45) is 6.38. The summed E-state index contributed by atoms with van der Waals surface area (Å²) in [6, 6.07) is 0.395. The zero-order valence-electron chi connectivity index (χ0n) is 15.1. The summed E-state index contributed by atoms with van der Waals surface area (Å²) >= 11 is 0. The van der Waals surface area contributed by atoms with Gasteiger partial charge >= 0.3 is 0 Å². The fourth-order valence-corrected chi connectivity index (χ4v) is 6.08. The van der Waals surface area contributed by atoms with Crippen LogP contribution in [0.15, 0.2) is 0 Å². The molecule has 1 N–H and O–H groups in total. The molecule has 2 saturated carbocycles. The lowest BCUT2D eigenvalue weighted by Crippen LogP contribution is -2.73. The number of ether oxygens (including phenoxy) is 3. The van der Waals surface area contributed by atoms with E-state index in [1.54, 1.807) is 14.2 Å². The van der Waals surface area contributed by atoms with Crippen molar-refractivity contribution in [3.8, 4) is 0 Å². The van der Waals surface area contributed by atoms with Gasteiger partial charge in [0.2, 0.25) is 0 Å². The summed E-state index contributed by atoms with van der Waals surface area (Å²) in [6.45, 7) is 4.34. The maximum absolute atomic E-state index is 10.2. The van der Waals surface area contributed by atoms with Gasteiger partial charge in [-0.3, -0.25) is 4.90 Å². The summed E-state index contributed by atoms with van der Waals surface area (Å²) in [5.41, 5.74) is 0.00417. The molecule has 1 heterocycles. The molecule has 0 aromatic rings. The Morgan fingerprint density at radius 3 is 2.39 bits per heavy atom. The zero-order valence-corrected chi connectivity index (χ0v) is 15.1. The molecule has 5 nitrogen and oxygen atoms in total. The van der Waals surface area contributed by atoms with Gasteiger partial charge in [0.05, 0.1) is 12.7 Å². The quantitative estimate of drug-likeness (QED) is 0.783. The monoisotopic (exact) mass is 327 g/mol. The van der Waals surface area contributed by atoms with E-state index in [0.29, 0.717) is 6.04 Å². The second-order valence-electron chi connectivity index (χ2n) is 7.82. The van der Waals surface area contributed by atoms with Crippen LogP contribution in [0.4, 0.5) is 0 Å². The SMILES string of the molecule is CCN1CC2(CO)CCCC3(CCC(OC)(OC)C[C@@H]13)[C@@H]2OC. The molecule has 2 aliphatic carbocycles. The first-order valence-corrected chi connectivity index (χ1v) is 9.03. The predicted molar refractivity (Wildman–Crippen MR) is 88.2 cm³/mol. The number of aliphatic hydroxyl groups excluding tert-OH is 1. The fourth-order valence-electron chi connectivity index (χ4n) is 6.08. The van der Waals surface area contributed by atoms with E-state index in [-0.39, 0.29) is 23.5 Å². The fraction of sp³-hybridized carbons (Fsp3) is 1.00. The smallest absolute Gasteiger partial charge is 0.169 e. The van der Waals surface area contributed by atoms with Gasteiger partial charge in [-0.05, 0) is 25.8 Å². The lowest BCUT2D eigenvalue weighted by Gasteiger charge is -2.67. The van der Waals surface area contributed by atoms with Gasteiger partial charge in [-0.2, -0.15) is 0 Å². The lowest BCUT2D eigenvalue weighted by atomic mass is 9.49. The number of nitrogens with zero attached hydrogens (tertiary/aromatic N) is 1. The summed E-state index contributed by atoms with van der Waals surface area (Å²) in [5, 5.41) is 10.2. The number of hydrogen-bond donors (Lipinski definition) is 1. The third-order valence-corrected chi connectivity index (χ3v) is 7.19. The van der Waals surface area contributed by atoms with Crippen molar-refractivity contribution in [1.29, 1.82) is 0 Å². The second-order valence-corrected chi connectivity index (χ2v) is 7.82. The molecular formula is C18H33NO4. The highest BCUT2D eigenvalue weighted by Gasteiger charge is 2.65. The van der Waals surface area contributed by atoms with Gasteiger partial charge in [-0.1, -0.05) is 13.3 Å². The van der Waals surface area contributed by atoms with E-state index in [1.165, 1.54) is 12.8 Å². The van der Waals surface area contributed by atoms with Gasteiger partial charge in [-0.15, -0.1) is 0 Å². The van der Waals surface area contributed by atoms with Crippen LogP contribution in [0.5, 0.6) is 0 Å². The van der Waals surface area contributed by atoms with Crippen molar-refractivity contribution in [3.05, 3.63) is 0 Å². The Morgan fingerprint density at radius 1 is 1.09 bits per heavy atom. The molecule has 0 aromatic carbocycles. The zero-order chi connectivity index (χ0) is 16.7. The molecule has 0 amide bonds. The maximum atomic E-state index is 10.2. The third kappa shape index (κ3) is 2.39. The molecule has 0 radical (unpaired) electrons. The van der Waals surface area contributed by atoms with Crippen LogP contribution in [0, 0.1) is 10.8 Å². The van der Waals surface area contributed by atoms with Crippen LogP contribution in [0.1, 0.15) is 45.4 Å². The van der Waals surface area contributed by atoms with Crippen molar-refractivity contribution in [2.75, 3.05) is 41.0 Å². The van der Waals surface area contributed by atoms with Gasteiger partial charge in [0, 0.05) is 57.6 Å². The van der Waals surface area contributed by atoms with E-state index < -0.39 is 5.79 Å². The van der Waals surface area contributed by atoms with E-state index in [1.807, 2.05) is 7.11 Å². The summed E-state index contributed by atoms with van der Waals surface area (Å²) in [7, 11) is 5.34. The number of hydrogen-bond acceptors (Lipinski definition) is 5. The van der Waals surface area contributed by atoms with Gasteiger partial charge in [0.15, 0.2) is 5.79 Å². The topological polar surface area (TPSA) is 51.2 Å². The van der Waals surface area contributed by atoms with Crippen LogP contribution >= 0.6 is 0 Å². The van der Waals surface area contributed by atoms with Gasteiger partial charge in [0.1, 0.15) is 0 Å². The summed E-state index contributed by atoms with van der Waals surface area (Å²) in [5.74, 6) is -0.474. The van der Waals surface area contributed by atoms with E-state index >= 15 is 0 Å². The molecule has 0 aromatic heterocycles. The molecule has 2 bridgehead atoms. The number of rotatable bonds is 5. The molecule has 3 rings (SSSR count). The normalized spacial score (nSPS) is 43.2. The third-order valence-electron chi connectivity index (χ3n) is 7.19. The van der Waals surface area contributed by atoms with Crippen molar-refractivity contribution in [2.45, 2.75) is 63.4 Å². The van der Waals surface area contributed by atoms with E-state index in [4.69, 9.17) is 14.2 Å². The van der Waals surface area contributed by atoms with E-state index in [0.717, 1.165) is 38.8 Å². The second kappa shape index (κ2) is 6.26. The van der Waals surface area contributed by atoms with Gasteiger partial charge < -0.3 is 19.3 Å². The van der Waals surface area contributed by atoms with Crippen molar-refractivity contribution in [1.82, 2.24) is 4.90 Å². The highest BCUT2D eigenvalue weighted by molar-refractivity contribution is 5.15. The highest BCUT2D eigenvalue weighted by Crippen LogP contribution is 2.61. The molecule has 5 heteroatoms. The van der Waals surface area contributed by atoms with E-state index in [2.05, 4.69) is 11.8 Å². The predicted octanol–water partition coefficient (Wildman–Crippen LogP) is 2.03. The number of fused-ring (bicyclic) bond motifs is 1. The molecule has 1 aliphatic heterocycles. The minimum absolute atomic E-state index is 0.111. The number of piperidine rings is 1. The van der Waals surface area contributed by atoms with Crippen LogP contribution in [-0.4, -0.2) is 69.0 Å². The number of likely N-dealkylation sites (tertiary alicyclic amines) is 1. The van der Waals surface area contributed by atoms with Crippen LogP contribution < -0.4 is 0 Å². The molecule has 2 unspecified atom stereocenters. The minimum Gasteiger partial charge on any atom is -0.396 e. The Morgan fingerprint density at radius 2 is 1.83 bits per heavy atom. The first-order chi connectivity index (χ1) is 11.0. The Labute approximate surface area is 140 Å². The first kappa shape index (κ1) is 17.6. The summed E-state index contributed by atoms with van der Waals surface area (Å²) < 4.78 is 17.6. The van der Waals surface area contributed by atoms with Crippen LogP contribution in [0.25, 0.3) is 0 Å². The highest BCUT2D eigenvalue weighted by atomic mass is 16.7. The van der Waals surface area contributed by atoms with Gasteiger partial charge in [0.25, 0.3) is 0 Å².